The zero-order valence-electron chi connectivity index (χ0n) is 19.5. The summed E-state index contributed by atoms with van der Waals surface area (Å²) in [6.07, 6.45) is 3.23. The van der Waals surface area contributed by atoms with E-state index < -0.39 is 16.0 Å². The molecular formula is C26H23Cl2NO6S. The summed E-state index contributed by atoms with van der Waals surface area (Å²) in [7, 11) is -1.21. The van der Waals surface area contributed by atoms with Crippen LogP contribution < -0.4 is 13.8 Å². The van der Waals surface area contributed by atoms with Gasteiger partial charge >= 0.3 is 5.97 Å². The summed E-state index contributed by atoms with van der Waals surface area (Å²) in [5.41, 5.74) is 2.48. The number of esters is 1. The van der Waals surface area contributed by atoms with E-state index in [1.54, 1.807) is 36.4 Å². The van der Waals surface area contributed by atoms with Gasteiger partial charge in [0.25, 0.3) is 10.0 Å². The minimum atomic E-state index is -4.00. The highest BCUT2D eigenvalue weighted by molar-refractivity contribution is 7.93. The Morgan fingerprint density at radius 2 is 1.75 bits per heavy atom. The molecular weight excluding hydrogens is 525 g/mol. The van der Waals surface area contributed by atoms with Crippen LogP contribution >= 0.6 is 23.2 Å². The predicted octanol–water partition coefficient (Wildman–Crippen LogP) is 5.52. The Hall–Kier alpha value is -3.20. The Balaban J connectivity index is 1.62. The van der Waals surface area contributed by atoms with Crippen molar-refractivity contribution in [3.8, 4) is 11.5 Å². The van der Waals surface area contributed by atoms with Crippen LogP contribution in [0.3, 0.4) is 0 Å². The van der Waals surface area contributed by atoms with Gasteiger partial charge in [0.1, 0.15) is 11.5 Å². The van der Waals surface area contributed by atoms with Gasteiger partial charge < -0.3 is 14.2 Å². The number of ether oxygens (including phenoxy) is 3. The lowest BCUT2D eigenvalue weighted by molar-refractivity contribution is -0.138. The first-order valence-electron chi connectivity index (χ1n) is 10.9. The van der Waals surface area contributed by atoms with Gasteiger partial charge in [0.15, 0.2) is 11.5 Å². The molecule has 188 valence electrons. The summed E-state index contributed by atoms with van der Waals surface area (Å²) in [5, 5.41) is 0.773. The largest absolute Gasteiger partial charge is 0.493 e. The van der Waals surface area contributed by atoms with Gasteiger partial charge in [-0.05, 0) is 54.0 Å². The molecule has 36 heavy (non-hydrogen) atoms. The van der Waals surface area contributed by atoms with Gasteiger partial charge in [-0.1, -0.05) is 47.5 Å². The Labute approximate surface area is 219 Å². The van der Waals surface area contributed by atoms with Gasteiger partial charge in [0, 0.05) is 28.2 Å². The molecule has 0 spiro atoms. The zero-order valence-corrected chi connectivity index (χ0v) is 21.9. The standard InChI is InChI=1S/C26H23Cl2NO6S/c1-33-23-14-17(10-11-25(30)35-16-19-20(27)7-5-8-21(19)28)15-24(26(23)34-2)36(31,32)29-13-12-18-6-3-4-9-22(18)29/h3-11,14-15H,12-13,16H2,1-2H3. The van der Waals surface area contributed by atoms with Crippen LogP contribution in [0.1, 0.15) is 16.7 Å². The number of halogens is 2. The number of hydrogen-bond donors (Lipinski definition) is 0. The van der Waals surface area contributed by atoms with Crippen molar-refractivity contribution in [2.45, 2.75) is 17.9 Å². The van der Waals surface area contributed by atoms with Crippen molar-refractivity contribution in [2.75, 3.05) is 25.1 Å². The maximum absolute atomic E-state index is 13.7. The monoisotopic (exact) mass is 547 g/mol. The van der Waals surface area contributed by atoms with E-state index in [0.717, 1.165) is 5.56 Å². The molecule has 1 aliphatic rings. The molecule has 0 fully saturated rings. The third-order valence-electron chi connectivity index (χ3n) is 5.71. The molecule has 0 aromatic heterocycles. The Bertz CT molecular complexity index is 1420. The average Bonchev–Trinajstić information content (AvgIpc) is 3.31. The minimum absolute atomic E-state index is 0.0723. The second-order valence-corrected chi connectivity index (χ2v) is 10.5. The zero-order chi connectivity index (χ0) is 25.9. The molecule has 0 N–H and O–H groups in total. The molecule has 0 amide bonds. The first kappa shape index (κ1) is 25.9. The molecule has 0 radical (unpaired) electrons. The van der Waals surface area contributed by atoms with Crippen molar-refractivity contribution in [3.05, 3.63) is 87.4 Å². The van der Waals surface area contributed by atoms with E-state index in [9.17, 15) is 13.2 Å². The molecule has 4 rings (SSSR count). The van der Waals surface area contributed by atoms with Gasteiger partial charge in [0.2, 0.25) is 0 Å². The first-order valence-corrected chi connectivity index (χ1v) is 13.1. The summed E-state index contributed by atoms with van der Waals surface area (Å²) in [4.78, 5) is 12.3. The normalized spacial score (nSPS) is 13.1. The third-order valence-corrected chi connectivity index (χ3v) is 8.24. The second-order valence-electron chi connectivity index (χ2n) is 7.85. The number of methoxy groups -OCH3 is 2. The fraction of sp³-hybridized carbons (Fsp3) is 0.192. The fourth-order valence-corrected chi connectivity index (χ4v) is 6.16. The van der Waals surface area contributed by atoms with E-state index in [2.05, 4.69) is 0 Å². The van der Waals surface area contributed by atoms with Gasteiger partial charge in [-0.3, -0.25) is 4.31 Å². The van der Waals surface area contributed by atoms with Crippen LogP contribution in [-0.4, -0.2) is 35.2 Å². The van der Waals surface area contributed by atoms with E-state index in [1.807, 2.05) is 12.1 Å². The van der Waals surface area contributed by atoms with Gasteiger partial charge in [-0.25, -0.2) is 13.2 Å². The highest BCUT2D eigenvalue weighted by atomic mass is 35.5. The fourth-order valence-electron chi connectivity index (χ4n) is 3.94. The van der Waals surface area contributed by atoms with Crippen molar-refractivity contribution >= 4 is 51.0 Å². The van der Waals surface area contributed by atoms with Crippen LogP contribution in [0.15, 0.2) is 65.6 Å². The molecule has 0 saturated carbocycles. The summed E-state index contributed by atoms with van der Waals surface area (Å²) in [5.74, 6) is -0.365. The molecule has 0 aliphatic carbocycles. The van der Waals surface area contributed by atoms with Crippen LogP contribution in [-0.2, 0) is 32.6 Å². The number of nitrogens with zero attached hydrogens (tertiary/aromatic N) is 1. The maximum Gasteiger partial charge on any atom is 0.331 e. The molecule has 1 aliphatic heterocycles. The Morgan fingerprint density at radius 3 is 2.44 bits per heavy atom. The van der Waals surface area contributed by atoms with Crippen LogP contribution in [0.25, 0.3) is 6.08 Å². The summed E-state index contributed by atoms with van der Waals surface area (Å²) in [6, 6.07) is 15.4. The van der Waals surface area contributed by atoms with E-state index in [1.165, 1.54) is 36.7 Å². The quantitative estimate of drug-likeness (QED) is 0.273. The number of para-hydroxylation sites is 1. The molecule has 3 aromatic rings. The molecule has 1 heterocycles. The number of hydrogen-bond acceptors (Lipinski definition) is 6. The summed E-state index contributed by atoms with van der Waals surface area (Å²) in [6.45, 7) is 0.200. The predicted molar refractivity (Wildman–Crippen MR) is 140 cm³/mol. The van der Waals surface area contributed by atoms with Crippen LogP contribution in [0.4, 0.5) is 5.69 Å². The molecule has 0 atom stereocenters. The topological polar surface area (TPSA) is 82.1 Å². The van der Waals surface area contributed by atoms with Crippen LogP contribution in [0, 0.1) is 0 Å². The first-order chi connectivity index (χ1) is 17.3. The number of sulfonamides is 1. The number of carbonyl (C=O) groups is 1. The molecule has 10 heteroatoms. The summed E-state index contributed by atoms with van der Waals surface area (Å²) >= 11 is 12.2. The van der Waals surface area contributed by atoms with Crippen molar-refractivity contribution in [3.63, 3.8) is 0 Å². The lowest BCUT2D eigenvalue weighted by Crippen LogP contribution is -2.29. The number of anilines is 1. The number of rotatable bonds is 8. The minimum Gasteiger partial charge on any atom is -0.493 e. The molecule has 7 nitrogen and oxygen atoms in total. The van der Waals surface area contributed by atoms with Crippen molar-refractivity contribution in [2.24, 2.45) is 0 Å². The van der Waals surface area contributed by atoms with Crippen molar-refractivity contribution in [1.29, 1.82) is 0 Å². The number of carbonyl (C=O) groups excluding carboxylic acids is 1. The van der Waals surface area contributed by atoms with Crippen molar-refractivity contribution in [1.82, 2.24) is 0 Å². The molecule has 0 bridgehead atoms. The van der Waals surface area contributed by atoms with Crippen LogP contribution in [0.2, 0.25) is 10.0 Å². The van der Waals surface area contributed by atoms with Gasteiger partial charge in [-0.15, -0.1) is 0 Å². The van der Waals surface area contributed by atoms with Crippen LogP contribution in [0.5, 0.6) is 11.5 Å². The highest BCUT2D eigenvalue weighted by Gasteiger charge is 2.34. The average molecular weight is 548 g/mol. The second kappa shape index (κ2) is 10.8. The van der Waals surface area contributed by atoms with E-state index in [0.29, 0.717) is 39.8 Å². The summed E-state index contributed by atoms with van der Waals surface area (Å²) < 4.78 is 44.8. The Kier molecular flexibility index (Phi) is 7.78. The smallest absolute Gasteiger partial charge is 0.331 e. The molecule has 0 unspecified atom stereocenters. The van der Waals surface area contributed by atoms with E-state index >= 15 is 0 Å². The maximum atomic E-state index is 13.7. The Morgan fingerprint density at radius 1 is 1.03 bits per heavy atom. The third kappa shape index (κ3) is 5.16. The van der Waals surface area contributed by atoms with Gasteiger partial charge in [0.05, 0.1) is 19.9 Å². The molecule has 3 aromatic carbocycles. The number of fused-ring (bicyclic) bond motifs is 1. The van der Waals surface area contributed by atoms with Gasteiger partial charge in [-0.2, -0.15) is 0 Å². The lowest BCUT2D eigenvalue weighted by Gasteiger charge is -2.22. The number of benzene rings is 3. The highest BCUT2D eigenvalue weighted by Crippen LogP contribution is 2.40. The lowest BCUT2D eigenvalue weighted by atomic mass is 10.2. The van der Waals surface area contributed by atoms with E-state index in [-0.39, 0.29) is 23.0 Å². The van der Waals surface area contributed by atoms with E-state index in [4.69, 9.17) is 37.4 Å². The SMILES string of the molecule is COc1cc(C=CC(=O)OCc2c(Cl)cccc2Cl)cc(S(=O)(=O)N2CCc3ccccc32)c1OC. The van der Waals surface area contributed by atoms with Crippen molar-refractivity contribution < 1.29 is 27.4 Å². The molecule has 0 saturated heterocycles.